The number of hydrogen-bond donors (Lipinski definition) is 1. The molecule has 3 aromatic rings. The second-order valence-electron chi connectivity index (χ2n) is 7.85. The molecule has 0 radical (unpaired) electrons. The van der Waals surface area contributed by atoms with Crippen molar-refractivity contribution in [2.75, 3.05) is 7.11 Å². The topological polar surface area (TPSA) is 106 Å². The normalized spacial score (nSPS) is 12.2. The SMILES string of the molecule is COc1cc[n+]([C@@H](C)C(c2ccc(F)cc2)c2ccc(F)cc2)cc1OC(C)=O.C[C@H](N)C(=O)[O-]. The molecule has 1 heterocycles. The van der Waals surface area contributed by atoms with Gasteiger partial charge >= 0.3 is 5.97 Å². The zero-order chi connectivity index (χ0) is 26.1. The maximum Gasteiger partial charge on any atom is 0.308 e. The Morgan fingerprint density at radius 2 is 1.37 bits per heavy atom. The molecule has 2 atom stereocenters. The lowest BCUT2D eigenvalue weighted by Crippen LogP contribution is -2.41. The molecule has 0 fully saturated rings. The average molecular weight is 487 g/mol. The smallest absolute Gasteiger partial charge is 0.308 e. The van der Waals surface area contributed by atoms with Crippen LogP contribution in [0.4, 0.5) is 8.78 Å². The lowest BCUT2D eigenvalue weighted by Gasteiger charge is -2.22. The van der Waals surface area contributed by atoms with Gasteiger partial charge in [0.25, 0.3) is 0 Å². The van der Waals surface area contributed by atoms with E-state index in [0.717, 1.165) is 11.1 Å². The Morgan fingerprint density at radius 1 is 0.914 bits per heavy atom. The van der Waals surface area contributed by atoms with E-state index in [9.17, 15) is 23.5 Å². The van der Waals surface area contributed by atoms with E-state index in [-0.39, 0.29) is 23.6 Å². The Kier molecular flexibility index (Phi) is 9.84. The van der Waals surface area contributed by atoms with Crippen LogP contribution in [0.15, 0.2) is 67.0 Å². The average Bonchev–Trinajstić information content (AvgIpc) is 2.81. The molecule has 2 aromatic carbocycles. The van der Waals surface area contributed by atoms with Crippen molar-refractivity contribution >= 4 is 11.9 Å². The third kappa shape index (κ3) is 7.86. The van der Waals surface area contributed by atoms with Gasteiger partial charge in [-0.3, -0.25) is 4.79 Å². The molecule has 0 saturated carbocycles. The number of rotatable bonds is 7. The Bertz CT molecular complexity index is 1090. The van der Waals surface area contributed by atoms with Crippen LogP contribution in [0.3, 0.4) is 0 Å². The maximum atomic E-state index is 13.5. The Labute approximate surface area is 202 Å². The van der Waals surface area contributed by atoms with E-state index in [1.807, 2.05) is 17.7 Å². The van der Waals surface area contributed by atoms with Crippen LogP contribution in [0, 0.1) is 11.6 Å². The predicted octanol–water partition coefficient (Wildman–Crippen LogP) is 2.66. The fourth-order valence-electron chi connectivity index (χ4n) is 3.39. The number of ether oxygens (including phenoxy) is 2. The van der Waals surface area contributed by atoms with Crippen molar-refractivity contribution in [2.24, 2.45) is 5.73 Å². The van der Waals surface area contributed by atoms with E-state index in [4.69, 9.17) is 15.2 Å². The summed E-state index contributed by atoms with van der Waals surface area (Å²) in [6.07, 6.45) is 3.50. The highest BCUT2D eigenvalue weighted by Gasteiger charge is 2.29. The van der Waals surface area contributed by atoms with Crippen molar-refractivity contribution in [3.8, 4) is 11.5 Å². The summed E-state index contributed by atoms with van der Waals surface area (Å²) in [6.45, 7) is 4.66. The van der Waals surface area contributed by atoms with Crippen LogP contribution in [0.5, 0.6) is 11.5 Å². The second kappa shape index (κ2) is 12.6. The first kappa shape index (κ1) is 27.4. The van der Waals surface area contributed by atoms with Crippen LogP contribution >= 0.6 is 0 Å². The van der Waals surface area contributed by atoms with E-state index in [1.165, 1.54) is 45.2 Å². The van der Waals surface area contributed by atoms with Crippen molar-refractivity contribution in [2.45, 2.75) is 38.8 Å². The van der Waals surface area contributed by atoms with Crippen molar-refractivity contribution in [1.82, 2.24) is 0 Å². The third-order valence-electron chi connectivity index (χ3n) is 5.16. The minimum atomic E-state index is -1.21. The summed E-state index contributed by atoms with van der Waals surface area (Å²) < 4.78 is 39.4. The molecule has 35 heavy (non-hydrogen) atoms. The van der Waals surface area contributed by atoms with Crippen molar-refractivity contribution in [1.29, 1.82) is 0 Å². The van der Waals surface area contributed by atoms with Crippen LogP contribution < -0.4 is 24.9 Å². The number of aromatic nitrogens is 1. The van der Waals surface area contributed by atoms with Crippen LogP contribution in [0.2, 0.25) is 0 Å². The maximum absolute atomic E-state index is 13.5. The molecule has 0 unspecified atom stereocenters. The minimum absolute atomic E-state index is 0.161. The number of carbonyl (C=O) groups is 2. The molecule has 0 spiro atoms. The van der Waals surface area contributed by atoms with Gasteiger partial charge in [0.05, 0.1) is 19.0 Å². The van der Waals surface area contributed by atoms with Crippen LogP contribution in [-0.2, 0) is 9.59 Å². The molecule has 0 aliphatic heterocycles. The van der Waals surface area contributed by atoms with Gasteiger partial charge in [-0.1, -0.05) is 24.3 Å². The van der Waals surface area contributed by atoms with Gasteiger partial charge < -0.3 is 25.1 Å². The zero-order valence-corrected chi connectivity index (χ0v) is 19.9. The fourth-order valence-corrected chi connectivity index (χ4v) is 3.39. The highest BCUT2D eigenvalue weighted by molar-refractivity contribution is 5.70. The summed E-state index contributed by atoms with van der Waals surface area (Å²) in [4.78, 5) is 20.9. The highest BCUT2D eigenvalue weighted by atomic mass is 19.1. The molecule has 9 heteroatoms. The van der Waals surface area contributed by atoms with E-state index in [0.29, 0.717) is 11.5 Å². The molecule has 0 saturated heterocycles. The summed E-state index contributed by atoms with van der Waals surface area (Å²) in [5.74, 6) is -1.78. The number of esters is 1. The van der Waals surface area contributed by atoms with E-state index < -0.39 is 18.0 Å². The number of carboxylic acids is 1. The number of halogens is 2. The van der Waals surface area contributed by atoms with Gasteiger partial charge in [-0.2, -0.15) is 4.57 Å². The van der Waals surface area contributed by atoms with Gasteiger partial charge in [-0.25, -0.2) is 8.78 Å². The molecule has 7 nitrogen and oxygen atoms in total. The first-order chi connectivity index (χ1) is 16.5. The fraction of sp³-hybridized carbons (Fsp3) is 0.269. The number of hydrogen-bond acceptors (Lipinski definition) is 6. The van der Waals surface area contributed by atoms with Crippen LogP contribution in [0.1, 0.15) is 43.9 Å². The Balaban J connectivity index is 0.000000641. The second-order valence-corrected chi connectivity index (χ2v) is 7.85. The van der Waals surface area contributed by atoms with Gasteiger partial charge in [0.1, 0.15) is 11.6 Å². The van der Waals surface area contributed by atoms with E-state index in [1.54, 1.807) is 36.5 Å². The number of carbonyl (C=O) groups excluding carboxylic acids is 2. The van der Waals surface area contributed by atoms with Gasteiger partial charge in [-0.05, 0) is 49.2 Å². The van der Waals surface area contributed by atoms with Crippen molar-refractivity contribution in [3.63, 3.8) is 0 Å². The molecule has 186 valence electrons. The number of aliphatic carboxylic acids is 1. The lowest BCUT2D eigenvalue weighted by atomic mass is 9.85. The van der Waals surface area contributed by atoms with Gasteiger partial charge in [0.15, 0.2) is 18.0 Å². The molecule has 0 aliphatic rings. The largest absolute Gasteiger partial charge is 0.548 e. The van der Waals surface area contributed by atoms with Crippen LogP contribution in [0.25, 0.3) is 0 Å². The monoisotopic (exact) mass is 486 g/mol. The van der Waals surface area contributed by atoms with E-state index >= 15 is 0 Å². The molecule has 2 N–H and O–H groups in total. The number of benzene rings is 2. The van der Waals surface area contributed by atoms with Crippen molar-refractivity contribution < 1.29 is 37.5 Å². The number of nitrogens with two attached hydrogens (primary N) is 1. The number of methoxy groups -OCH3 is 1. The Morgan fingerprint density at radius 3 is 1.74 bits per heavy atom. The summed E-state index contributed by atoms with van der Waals surface area (Å²) >= 11 is 0. The van der Waals surface area contributed by atoms with Crippen LogP contribution in [-0.4, -0.2) is 25.1 Å². The highest BCUT2D eigenvalue weighted by Crippen LogP contribution is 2.34. The standard InChI is InChI=1S/C23H22F2NO3.C3H7NO2/c1-15(26-13-12-21(28-3)22(14-26)29-16(2)27)23(17-4-8-19(24)9-5-17)18-6-10-20(25)11-7-18;1-2(4)3(5)6/h4-15,23H,1-3H3;2H,4H2,1H3,(H,5,6)/q+1;/p-1/t15-;2-/m00/s1. The van der Waals surface area contributed by atoms with Gasteiger partial charge in [0, 0.05) is 19.0 Å². The number of nitrogens with zero attached hydrogens (tertiary/aromatic N) is 1. The van der Waals surface area contributed by atoms with Gasteiger partial charge in [-0.15, -0.1) is 0 Å². The molecule has 0 aliphatic carbocycles. The molecule has 3 rings (SSSR count). The number of carboxylic acid groups (broad SMARTS) is 1. The summed E-state index contributed by atoms with van der Waals surface area (Å²) in [5.41, 5.74) is 6.53. The van der Waals surface area contributed by atoms with Crippen molar-refractivity contribution in [3.05, 3.63) is 89.8 Å². The quantitative estimate of drug-likeness (QED) is 0.407. The Hall–Kier alpha value is -3.85. The first-order valence-corrected chi connectivity index (χ1v) is 10.8. The van der Waals surface area contributed by atoms with Gasteiger partial charge in [0.2, 0.25) is 11.9 Å². The predicted molar refractivity (Wildman–Crippen MR) is 123 cm³/mol. The minimum Gasteiger partial charge on any atom is -0.548 e. The zero-order valence-electron chi connectivity index (χ0n) is 19.9. The molecular weight excluding hydrogens is 458 g/mol. The molecule has 0 amide bonds. The molecule has 1 aromatic heterocycles. The number of pyridine rings is 1. The molecular formula is C26H28F2N2O5. The third-order valence-corrected chi connectivity index (χ3v) is 5.16. The first-order valence-electron chi connectivity index (χ1n) is 10.8. The lowest BCUT2D eigenvalue weighted by molar-refractivity contribution is -0.721. The summed E-state index contributed by atoms with van der Waals surface area (Å²) in [5, 5.41) is 9.46. The molecule has 0 bridgehead atoms. The van der Waals surface area contributed by atoms with E-state index in [2.05, 4.69) is 0 Å². The summed E-state index contributed by atoms with van der Waals surface area (Å²) in [6, 6.07) is 13.2. The summed E-state index contributed by atoms with van der Waals surface area (Å²) in [7, 11) is 1.50.